The van der Waals surface area contributed by atoms with Gasteiger partial charge in [0.25, 0.3) is 0 Å². The summed E-state index contributed by atoms with van der Waals surface area (Å²) in [6, 6.07) is 5.66. The Morgan fingerprint density at radius 2 is 1.89 bits per heavy atom. The molecule has 1 aromatic rings. The Balaban J connectivity index is 2.87. The Hall–Kier alpha value is -1.06. The van der Waals surface area contributed by atoms with Gasteiger partial charge in [0.1, 0.15) is 0 Å². The van der Waals surface area contributed by atoms with Crippen LogP contribution in [0.25, 0.3) is 0 Å². The smallest absolute Gasteiger partial charge is 0.240 e. The van der Waals surface area contributed by atoms with E-state index in [9.17, 15) is 4.79 Å². The SMILES string of the molecule is CCN(CC)CC(=O)N(C)c1c(C)cccc1Cl. The fourth-order valence-electron chi connectivity index (χ4n) is 1.92. The van der Waals surface area contributed by atoms with Crippen LogP contribution in [0.4, 0.5) is 5.69 Å². The maximum Gasteiger partial charge on any atom is 0.240 e. The van der Waals surface area contributed by atoms with Crippen LogP contribution in [0.3, 0.4) is 0 Å². The highest BCUT2D eigenvalue weighted by molar-refractivity contribution is 6.34. The van der Waals surface area contributed by atoms with Gasteiger partial charge in [0.2, 0.25) is 5.91 Å². The highest BCUT2D eigenvalue weighted by Gasteiger charge is 2.17. The van der Waals surface area contributed by atoms with Crippen LogP contribution >= 0.6 is 11.6 Å². The second-order valence-electron chi connectivity index (χ2n) is 4.32. The van der Waals surface area contributed by atoms with Gasteiger partial charge in [0.05, 0.1) is 17.3 Å². The quantitative estimate of drug-likeness (QED) is 0.820. The molecule has 0 heterocycles. The fourth-order valence-corrected chi connectivity index (χ4v) is 2.27. The first-order valence-corrected chi connectivity index (χ1v) is 6.63. The molecule has 0 radical (unpaired) electrons. The first kappa shape index (κ1) is 15.0. The van der Waals surface area contributed by atoms with Crippen LogP contribution in [-0.4, -0.2) is 37.5 Å². The fraction of sp³-hybridized carbons (Fsp3) is 0.500. The molecule has 0 saturated carbocycles. The summed E-state index contributed by atoms with van der Waals surface area (Å²) in [7, 11) is 1.78. The largest absolute Gasteiger partial charge is 0.313 e. The van der Waals surface area contributed by atoms with Crippen molar-refractivity contribution < 1.29 is 4.79 Å². The molecule has 0 spiro atoms. The Bertz CT molecular complexity index is 396. The number of aryl methyl sites for hydroxylation is 1. The molecule has 100 valence electrons. The second-order valence-corrected chi connectivity index (χ2v) is 4.73. The van der Waals surface area contributed by atoms with E-state index in [0.29, 0.717) is 11.6 Å². The number of para-hydroxylation sites is 1. The van der Waals surface area contributed by atoms with Crippen molar-refractivity contribution >= 4 is 23.2 Å². The van der Waals surface area contributed by atoms with Gasteiger partial charge in [-0.2, -0.15) is 0 Å². The molecule has 3 nitrogen and oxygen atoms in total. The standard InChI is InChI=1S/C14H21ClN2O/c1-5-17(6-2)10-13(18)16(4)14-11(3)8-7-9-12(14)15/h7-9H,5-6,10H2,1-4H3. The zero-order valence-corrected chi connectivity index (χ0v) is 12.3. The first-order valence-electron chi connectivity index (χ1n) is 6.25. The number of carbonyl (C=O) groups is 1. The van der Waals surface area contributed by atoms with Gasteiger partial charge in [-0.15, -0.1) is 0 Å². The molecule has 1 aromatic carbocycles. The summed E-state index contributed by atoms with van der Waals surface area (Å²) in [5.41, 5.74) is 1.81. The molecule has 0 aromatic heterocycles. The number of rotatable bonds is 5. The normalized spacial score (nSPS) is 10.8. The highest BCUT2D eigenvalue weighted by Crippen LogP contribution is 2.28. The third kappa shape index (κ3) is 3.47. The van der Waals surface area contributed by atoms with Crippen molar-refractivity contribution in [1.29, 1.82) is 0 Å². The van der Waals surface area contributed by atoms with E-state index in [2.05, 4.69) is 18.7 Å². The minimum absolute atomic E-state index is 0.0647. The summed E-state index contributed by atoms with van der Waals surface area (Å²) in [5, 5.41) is 0.616. The van der Waals surface area contributed by atoms with E-state index in [1.807, 2.05) is 25.1 Å². The Morgan fingerprint density at radius 1 is 1.28 bits per heavy atom. The molecular weight excluding hydrogens is 248 g/mol. The molecule has 1 amide bonds. The molecule has 0 atom stereocenters. The lowest BCUT2D eigenvalue weighted by Crippen LogP contribution is -2.38. The van der Waals surface area contributed by atoms with Crippen LogP contribution in [-0.2, 0) is 4.79 Å². The van der Waals surface area contributed by atoms with E-state index in [-0.39, 0.29) is 5.91 Å². The van der Waals surface area contributed by atoms with Gasteiger partial charge in [-0.1, -0.05) is 37.6 Å². The van der Waals surface area contributed by atoms with Gasteiger partial charge >= 0.3 is 0 Å². The third-order valence-corrected chi connectivity index (χ3v) is 3.46. The van der Waals surface area contributed by atoms with Gasteiger partial charge in [0, 0.05) is 7.05 Å². The van der Waals surface area contributed by atoms with Gasteiger partial charge in [-0.05, 0) is 31.6 Å². The summed E-state index contributed by atoms with van der Waals surface area (Å²) in [6.07, 6.45) is 0. The lowest BCUT2D eigenvalue weighted by Gasteiger charge is -2.24. The van der Waals surface area contributed by atoms with Crippen LogP contribution in [0.2, 0.25) is 5.02 Å². The molecule has 0 unspecified atom stereocenters. The minimum atomic E-state index is 0.0647. The van der Waals surface area contributed by atoms with Crippen LogP contribution in [0.1, 0.15) is 19.4 Å². The monoisotopic (exact) mass is 268 g/mol. The number of nitrogens with zero attached hydrogens (tertiary/aromatic N) is 2. The number of halogens is 1. The number of carbonyl (C=O) groups excluding carboxylic acids is 1. The van der Waals surface area contributed by atoms with Crippen molar-refractivity contribution in [3.05, 3.63) is 28.8 Å². The second kappa shape index (κ2) is 6.76. The summed E-state index contributed by atoms with van der Waals surface area (Å²) in [4.78, 5) is 15.9. The Labute approximate surface area is 114 Å². The highest BCUT2D eigenvalue weighted by atomic mass is 35.5. The van der Waals surface area contributed by atoms with Crippen molar-refractivity contribution in [2.45, 2.75) is 20.8 Å². The predicted molar refractivity (Wildman–Crippen MR) is 77.4 cm³/mol. The van der Waals surface area contributed by atoms with E-state index in [1.165, 1.54) is 0 Å². The molecule has 0 bridgehead atoms. The minimum Gasteiger partial charge on any atom is -0.313 e. The zero-order chi connectivity index (χ0) is 13.7. The van der Waals surface area contributed by atoms with Crippen LogP contribution < -0.4 is 4.90 Å². The topological polar surface area (TPSA) is 23.6 Å². The van der Waals surface area contributed by atoms with Crippen LogP contribution in [0, 0.1) is 6.92 Å². The number of likely N-dealkylation sites (N-methyl/N-ethyl adjacent to an activating group) is 2. The molecule has 1 rings (SSSR count). The van der Waals surface area contributed by atoms with Gasteiger partial charge in [-0.25, -0.2) is 0 Å². The Kier molecular flexibility index (Phi) is 5.63. The average Bonchev–Trinajstić information content (AvgIpc) is 2.35. The third-order valence-electron chi connectivity index (χ3n) is 3.15. The van der Waals surface area contributed by atoms with Crippen LogP contribution in [0.15, 0.2) is 18.2 Å². The van der Waals surface area contributed by atoms with Crippen molar-refractivity contribution in [1.82, 2.24) is 4.90 Å². The van der Waals surface area contributed by atoms with E-state index in [1.54, 1.807) is 11.9 Å². The summed E-state index contributed by atoms with van der Waals surface area (Å²) < 4.78 is 0. The van der Waals surface area contributed by atoms with E-state index in [4.69, 9.17) is 11.6 Å². The molecule has 4 heteroatoms. The van der Waals surface area contributed by atoms with E-state index < -0.39 is 0 Å². The molecular formula is C14H21ClN2O. The summed E-state index contributed by atoms with van der Waals surface area (Å²) >= 11 is 6.17. The van der Waals surface area contributed by atoms with E-state index in [0.717, 1.165) is 24.3 Å². The van der Waals surface area contributed by atoms with Crippen molar-refractivity contribution in [2.75, 3.05) is 31.6 Å². The number of hydrogen-bond donors (Lipinski definition) is 0. The number of benzene rings is 1. The molecule has 0 N–H and O–H groups in total. The predicted octanol–water partition coefficient (Wildman–Crippen LogP) is 2.95. The zero-order valence-electron chi connectivity index (χ0n) is 11.5. The lowest BCUT2D eigenvalue weighted by molar-refractivity contribution is -0.119. The molecule has 0 fully saturated rings. The molecule has 0 aliphatic carbocycles. The molecule has 0 aliphatic heterocycles. The van der Waals surface area contributed by atoms with Crippen molar-refractivity contribution in [3.63, 3.8) is 0 Å². The number of anilines is 1. The number of hydrogen-bond acceptors (Lipinski definition) is 2. The van der Waals surface area contributed by atoms with E-state index >= 15 is 0 Å². The number of amides is 1. The maximum atomic E-state index is 12.2. The van der Waals surface area contributed by atoms with Gasteiger partial charge in [0.15, 0.2) is 0 Å². The van der Waals surface area contributed by atoms with Gasteiger partial charge in [-0.3, -0.25) is 9.69 Å². The maximum absolute atomic E-state index is 12.2. The van der Waals surface area contributed by atoms with Crippen LogP contribution in [0.5, 0.6) is 0 Å². The first-order chi connectivity index (χ1) is 8.51. The van der Waals surface area contributed by atoms with Gasteiger partial charge < -0.3 is 4.90 Å². The van der Waals surface area contributed by atoms with Crippen molar-refractivity contribution in [2.24, 2.45) is 0 Å². The lowest BCUT2D eigenvalue weighted by atomic mass is 10.2. The average molecular weight is 269 g/mol. The summed E-state index contributed by atoms with van der Waals surface area (Å²) in [5.74, 6) is 0.0647. The molecule has 0 saturated heterocycles. The van der Waals surface area contributed by atoms with Crippen molar-refractivity contribution in [3.8, 4) is 0 Å². The molecule has 0 aliphatic rings. The molecule has 18 heavy (non-hydrogen) atoms. The Morgan fingerprint density at radius 3 is 2.39 bits per heavy atom. The summed E-state index contributed by atoms with van der Waals surface area (Å²) in [6.45, 7) is 8.24.